The highest BCUT2D eigenvalue weighted by atomic mass is 15.0. The van der Waals surface area contributed by atoms with Crippen LogP contribution in [0.1, 0.15) is 22.3 Å². The van der Waals surface area contributed by atoms with Crippen molar-refractivity contribution in [2.24, 2.45) is 0 Å². The predicted molar refractivity (Wildman–Crippen MR) is 250 cm³/mol. The standard InChI is InChI=1S/C58H39N3/c1-5-17-40(18-6-1)44-21-15-23-47(37-44)56-59-55(60-57(61-56)48-24-16-22-45(38-48)41-19-7-2-8-20-41)43-33-31-42(32-34-43)46-35-36-52-51-29-13-14-30-53(51)58(54(52)39-46,49-25-9-3-10-26-49)50-27-11-4-12-28-50/h1-39H. The van der Waals surface area contributed by atoms with Crippen LogP contribution in [0.25, 0.3) is 78.7 Å². The average molecular weight is 778 g/mol. The molecule has 0 radical (unpaired) electrons. The maximum atomic E-state index is 5.15. The summed E-state index contributed by atoms with van der Waals surface area (Å²) in [6, 6.07) is 84.2. The van der Waals surface area contributed by atoms with Gasteiger partial charge in [0.2, 0.25) is 0 Å². The van der Waals surface area contributed by atoms with Gasteiger partial charge in [-0.05, 0) is 85.0 Å². The van der Waals surface area contributed by atoms with E-state index in [4.69, 9.17) is 15.0 Å². The van der Waals surface area contributed by atoms with Crippen LogP contribution < -0.4 is 0 Å². The second kappa shape index (κ2) is 15.3. The summed E-state index contributed by atoms with van der Waals surface area (Å²) in [6.45, 7) is 0. The molecule has 11 rings (SSSR count). The van der Waals surface area contributed by atoms with Gasteiger partial charge in [0.1, 0.15) is 0 Å². The number of aromatic nitrogens is 3. The van der Waals surface area contributed by atoms with Crippen LogP contribution in [-0.2, 0) is 5.41 Å². The summed E-state index contributed by atoms with van der Waals surface area (Å²) < 4.78 is 0. The summed E-state index contributed by atoms with van der Waals surface area (Å²) in [5.74, 6) is 1.88. The van der Waals surface area contributed by atoms with Crippen LogP contribution in [0, 0.1) is 0 Å². The highest BCUT2D eigenvalue weighted by Gasteiger charge is 2.46. The van der Waals surface area contributed by atoms with Crippen molar-refractivity contribution in [3.05, 3.63) is 259 Å². The Morgan fingerprint density at radius 2 is 0.590 bits per heavy atom. The van der Waals surface area contributed by atoms with E-state index in [0.717, 1.165) is 50.1 Å². The van der Waals surface area contributed by atoms with E-state index >= 15 is 0 Å². The lowest BCUT2D eigenvalue weighted by atomic mass is 9.67. The number of hydrogen-bond donors (Lipinski definition) is 0. The maximum absolute atomic E-state index is 5.15. The molecule has 0 spiro atoms. The van der Waals surface area contributed by atoms with Gasteiger partial charge in [0.15, 0.2) is 17.5 Å². The molecule has 1 heterocycles. The third kappa shape index (κ3) is 6.44. The van der Waals surface area contributed by atoms with Crippen molar-refractivity contribution in [2.45, 2.75) is 5.41 Å². The first kappa shape index (κ1) is 36.1. The zero-order chi connectivity index (χ0) is 40.6. The monoisotopic (exact) mass is 777 g/mol. The highest BCUT2D eigenvalue weighted by Crippen LogP contribution is 2.56. The molecule has 3 heteroatoms. The molecular weight excluding hydrogens is 739 g/mol. The first-order valence-corrected chi connectivity index (χ1v) is 20.8. The third-order valence-electron chi connectivity index (χ3n) is 12.0. The fraction of sp³-hybridized carbons (Fsp3) is 0.0172. The Hall–Kier alpha value is -8.01. The van der Waals surface area contributed by atoms with Crippen molar-refractivity contribution in [1.82, 2.24) is 15.0 Å². The minimum absolute atomic E-state index is 0.461. The van der Waals surface area contributed by atoms with Crippen LogP contribution in [0.2, 0.25) is 0 Å². The molecule has 9 aromatic carbocycles. The van der Waals surface area contributed by atoms with E-state index in [9.17, 15) is 0 Å². The van der Waals surface area contributed by atoms with Gasteiger partial charge in [-0.3, -0.25) is 0 Å². The van der Waals surface area contributed by atoms with Crippen LogP contribution in [0.5, 0.6) is 0 Å². The van der Waals surface area contributed by atoms with E-state index < -0.39 is 5.41 Å². The van der Waals surface area contributed by atoms with E-state index in [1.807, 2.05) is 12.1 Å². The number of nitrogens with zero attached hydrogens (tertiary/aromatic N) is 3. The molecule has 0 N–H and O–H groups in total. The second-order valence-electron chi connectivity index (χ2n) is 15.6. The van der Waals surface area contributed by atoms with Gasteiger partial charge in [0.25, 0.3) is 0 Å². The van der Waals surface area contributed by atoms with E-state index in [1.165, 1.54) is 33.4 Å². The Labute approximate surface area is 356 Å². The average Bonchev–Trinajstić information content (AvgIpc) is 3.65. The molecule has 0 fully saturated rings. The lowest BCUT2D eigenvalue weighted by Gasteiger charge is -2.34. The first-order valence-electron chi connectivity index (χ1n) is 20.8. The first-order chi connectivity index (χ1) is 30.2. The molecule has 3 nitrogen and oxygen atoms in total. The topological polar surface area (TPSA) is 38.7 Å². The summed E-state index contributed by atoms with van der Waals surface area (Å²) in [5, 5.41) is 0. The molecule has 0 amide bonds. The Balaban J connectivity index is 1.02. The molecule has 10 aromatic rings. The quantitative estimate of drug-likeness (QED) is 0.154. The zero-order valence-electron chi connectivity index (χ0n) is 33.4. The Bertz CT molecular complexity index is 3020. The Morgan fingerprint density at radius 3 is 1.13 bits per heavy atom. The zero-order valence-corrected chi connectivity index (χ0v) is 33.4. The van der Waals surface area contributed by atoms with E-state index in [1.54, 1.807) is 0 Å². The molecule has 61 heavy (non-hydrogen) atoms. The summed E-state index contributed by atoms with van der Waals surface area (Å²) in [7, 11) is 0. The summed E-state index contributed by atoms with van der Waals surface area (Å²) in [4.78, 5) is 15.4. The lowest BCUT2D eigenvalue weighted by molar-refractivity contribution is 0.769. The molecule has 1 aliphatic carbocycles. The van der Waals surface area contributed by atoms with Crippen molar-refractivity contribution >= 4 is 0 Å². The molecular formula is C58H39N3. The van der Waals surface area contributed by atoms with Crippen molar-refractivity contribution in [3.63, 3.8) is 0 Å². The van der Waals surface area contributed by atoms with Crippen molar-refractivity contribution in [2.75, 3.05) is 0 Å². The highest BCUT2D eigenvalue weighted by molar-refractivity contribution is 5.88. The van der Waals surface area contributed by atoms with Gasteiger partial charge < -0.3 is 0 Å². The van der Waals surface area contributed by atoms with Gasteiger partial charge >= 0.3 is 0 Å². The van der Waals surface area contributed by atoms with Gasteiger partial charge in [-0.25, -0.2) is 15.0 Å². The molecule has 1 aliphatic rings. The molecule has 0 atom stereocenters. The van der Waals surface area contributed by atoms with Crippen molar-refractivity contribution in [1.29, 1.82) is 0 Å². The van der Waals surface area contributed by atoms with Gasteiger partial charge in [-0.15, -0.1) is 0 Å². The minimum Gasteiger partial charge on any atom is -0.208 e. The SMILES string of the molecule is c1ccc(-c2cccc(-c3nc(-c4ccc(-c5ccc6c(c5)C(c5ccccc5)(c5ccccc5)c5ccccc5-6)cc4)nc(-c4cccc(-c5ccccc5)c4)n3)c2)cc1. The van der Waals surface area contributed by atoms with E-state index in [-0.39, 0.29) is 0 Å². The fourth-order valence-electron chi connectivity index (χ4n) is 9.14. The summed E-state index contributed by atoms with van der Waals surface area (Å²) >= 11 is 0. The molecule has 1 aromatic heterocycles. The summed E-state index contributed by atoms with van der Waals surface area (Å²) in [5.41, 5.74) is 16.7. The smallest absolute Gasteiger partial charge is 0.164 e. The van der Waals surface area contributed by atoms with Crippen LogP contribution in [-0.4, -0.2) is 15.0 Å². The Kier molecular flexibility index (Phi) is 9.05. The van der Waals surface area contributed by atoms with Crippen molar-refractivity contribution in [3.8, 4) is 78.7 Å². The largest absolute Gasteiger partial charge is 0.208 e. The van der Waals surface area contributed by atoms with Gasteiger partial charge in [-0.1, -0.05) is 218 Å². The fourth-order valence-corrected chi connectivity index (χ4v) is 9.14. The van der Waals surface area contributed by atoms with Gasteiger partial charge in [-0.2, -0.15) is 0 Å². The second-order valence-corrected chi connectivity index (χ2v) is 15.6. The number of rotatable bonds is 8. The molecule has 0 bridgehead atoms. The van der Waals surface area contributed by atoms with Gasteiger partial charge in [0, 0.05) is 16.7 Å². The predicted octanol–water partition coefficient (Wildman–Crippen LogP) is 14.2. The minimum atomic E-state index is -0.461. The van der Waals surface area contributed by atoms with Crippen LogP contribution >= 0.6 is 0 Å². The van der Waals surface area contributed by atoms with Crippen molar-refractivity contribution < 1.29 is 0 Å². The van der Waals surface area contributed by atoms with E-state index in [2.05, 4.69) is 224 Å². The van der Waals surface area contributed by atoms with Gasteiger partial charge in [0.05, 0.1) is 5.41 Å². The maximum Gasteiger partial charge on any atom is 0.164 e. The number of hydrogen-bond acceptors (Lipinski definition) is 3. The third-order valence-corrected chi connectivity index (χ3v) is 12.0. The molecule has 0 unspecified atom stereocenters. The molecule has 0 saturated heterocycles. The number of fused-ring (bicyclic) bond motifs is 3. The van der Waals surface area contributed by atoms with E-state index in [0.29, 0.717) is 17.5 Å². The molecule has 0 saturated carbocycles. The Morgan fingerprint density at radius 1 is 0.230 bits per heavy atom. The number of benzene rings is 9. The van der Waals surface area contributed by atoms with Crippen LogP contribution in [0.15, 0.2) is 237 Å². The molecule has 286 valence electrons. The van der Waals surface area contributed by atoms with Crippen LogP contribution in [0.3, 0.4) is 0 Å². The lowest BCUT2D eigenvalue weighted by Crippen LogP contribution is -2.28. The molecule has 0 aliphatic heterocycles. The van der Waals surface area contributed by atoms with Crippen LogP contribution in [0.4, 0.5) is 0 Å². The normalized spacial score (nSPS) is 12.4. The summed E-state index contributed by atoms with van der Waals surface area (Å²) in [6.07, 6.45) is 0.